The molecule has 0 bridgehead atoms. The van der Waals surface area contributed by atoms with Gasteiger partial charge in [-0.3, -0.25) is 4.79 Å². The fraction of sp³-hybridized carbons (Fsp3) is 0.444. The zero-order valence-electron chi connectivity index (χ0n) is 14.5. The molecule has 1 aromatic carbocycles. The van der Waals surface area contributed by atoms with Crippen molar-refractivity contribution in [2.24, 2.45) is 0 Å². The maximum Gasteiger partial charge on any atom is 0.254 e. The largest absolute Gasteiger partial charge is 0.378 e. The molecule has 25 heavy (non-hydrogen) atoms. The summed E-state index contributed by atoms with van der Waals surface area (Å²) in [7, 11) is 0. The van der Waals surface area contributed by atoms with Crippen LogP contribution < -0.4 is 5.32 Å². The van der Waals surface area contributed by atoms with Gasteiger partial charge in [-0.15, -0.1) is 0 Å². The highest BCUT2D eigenvalue weighted by Gasteiger charge is 2.13. The molecule has 1 heterocycles. The Balaban J connectivity index is 1.84. The molecule has 2 aromatic rings. The minimum absolute atomic E-state index is 0.0538. The molecular weight excluding hydrogens is 345 g/mol. The minimum atomic E-state index is -0.393. The highest BCUT2D eigenvalue weighted by Crippen LogP contribution is 2.21. The molecule has 2 rings (SSSR count). The van der Waals surface area contributed by atoms with E-state index in [1.54, 1.807) is 12.1 Å². The van der Waals surface area contributed by atoms with E-state index in [0.29, 0.717) is 30.7 Å². The van der Waals surface area contributed by atoms with Crippen LogP contribution in [0.1, 0.15) is 24.2 Å². The maximum absolute atomic E-state index is 13.2. The van der Waals surface area contributed by atoms with Crippen molar-refractivity contribution >= 4 is 28.4 Å². The SMILES string of the molecule is CCN(CC)CCOCCNC(=O)c1cc2ccc(F)cc2nc1Cl. The van der Waals surface area contributed by atoms with Crippen LogP contribution in [0.5, 0.6) is 0 Å². The number of amides is 1. The van der Waals surface area contributed by atoms with Crippen LogP contribution in [0.15, 0.2) is 24.3 Å². The summed E-state index contributed by atoms with van der Waals surface area (Å²) in [5.74, 6) is -0.716. The van der Waals surface area contributed by atoms with Crippen molar-refractivity contribution < 1.29 is 13.9 Å². The predicted octanol–water partition coefficient (Wildman–Crippen LogP) is 3.12. The lowest BCUT2D eigenvalue weighted by Crippen LogP contribution is -2.30. The molecule has 136 valence electrons. The first-order valence-corrected chi connectivity index (χ1v) is 8.77. The molecule has 0 fully saturated rings. The van der Waals surface area contributed by atoms with E-state index in [1.807, 2.05) is 0 Å². The van der Waals surface area contributed by atoms with Gasteiger partial charge in [-0.2, -0.15) is 0 Å². The standard InChI is InChI=1S/C18H23ClFN3O2/c1-3-23(4-2)8-10-25-9-7-21-18(24)15-11-13-5-6-14(20)12-16(13)22-17(15)19/h5-6,11-12H,3-4,7-10H2,1-2H3,(H,21,24). The number of rotatable bonds is 9. The number of carbonyl (C=O) groups excluding carboxylic acids is 1. The molecule has 0 radical (unpaired) electrons. The normalized spacial score (nSPS) is 11.2. The zero-order valence-corrected chi connectivity index (χ0v) is 15.3. The Morgan fingerprint density at radius 1 is 1.28 bits per heavy atom. The summed E-state index contributed by atoms with van der Waals surface area (Å²) in [5.41, 5.74) is 0.685. The Bertz CT molecular complexity index is 723. The van der Waals surface area contributed by atoms with E-state index in [9.17, 15) is 9.18 Å². The number of nitrogens with zero attached hydrogens (tertiary/aromatic N) is 2. The molecule has 0 aliphatic rings. The average Bonchev–Trinajstić information content (AvgIpc) is 2.60. The number of hydrogen-bond acceptors (Lipinski definition) is 4. The highest BCUT2D eigenvalue weighted by molar-refractivity contribution is 6.33. The van der Waals surface area contributed by atoms with E-state index in [0.717, 1.165) is 19.6 Å². The number of carbonyl (C=O) groups is 1. The summed E-state index contributed by atoms with van der Waals surface area (Å²) in [6.07, 6.45) is 0. The average molecular weight is 368 g/mol. The van der Waals surface area contributed by atoms with Gasteiger partial charge in [0, 0.05) is 24.5 Å². The van der Waals surface area contributed by atoms with Gasteiger partial charge in [-0.1, -0.05) is 25.4 Å². The molecule has 0 aliphatic heterocycles. The van der Waals surface area contributed by atoms with Gasteiger partial charge in [0.2, 0.25) is 0 Å². The Kier molecular flexibility index (Phi) is 7.55. The number of ether oxygens (including phenoxy) is 1. The van der Waals surface area contributed by atoms with Crippen LogP contribution in [0, 0.1) is 5.82 Å². The number of fused-ring (bicyclic) bond motifs is 1. The molecule has 0 spiro atoms. The van der Waals surface area contributed by atoms with Crippen LogP contribution in [-0.4, -0.2) is 55.2 Å². The Labute approximate surface area is 152 Å². The van der Waals surface area contributed by atoms with Gasteiger partial charge in [-0.05, 0) is 31.3 Å². The van der Waals surface area contributed by atoms with Gasteiger partial charge in [0.15, 0.2) is 0 Å². The van der Waals surface area contributed by atoms with Crippen molar-refractivity contribution in [2.45, 2.75) is 13.8 Å². The summed E-state index contributed by atoms with van der Waals surface area (Å²) < 4.78 is 18.7. The summed E-state index contributed by atoms with van der Waals surface area (Å²) in [4.78, 5) is 18.6. The van der Waals surface area contributed by atoms with Gasteiger partial charge < -0.3 is 15.0 Å². The first kappa shape index (κ1) is 19.6. The molecule has 7 heteroatoms. The second-order valence-corrected chi connectivity index (χ2v) is 5.92. The predicted molar refractivity (Wildman–Crippen MR) is 97.7 cm³/mol. The Hall–Kier alpha value is -1.76. The zero-order chi connectivity index (χ0) is 18.2. The van der Waals surface area contributed by atoms with Crippen molar-refractivity contribution in [2.75, 3.05) is 39.4 Å². The van der Waals surface area contributed by atoms with Crippen LogP contribution in [0.3, 0.4) is 0 Å². The molecular formula is C18H23ClFN3O2. The van der Waals surface area contributed by atoms with Crippen LogP contribution in [0.25, 0.3) is 10.9 Å². The van der Waals surface area contributed by atoms with E-state index in [1.165, 1.54) is 12.1 Å². The number of hydrogen-bond donors (Lipinski definition) is 1. The third-order valence-electron chi connectivity index (χ3n) is 3.96. The van der Waals surface area contributed by atoms with Crippen LogP contribution in [0.4, 0.5) is 4.39 Å². The second kappa shape index (κ2) is 9.65. The van der Waals surface area contributed by atoms with E-state index in [4.69, 9.17) is 16.3 Å². The van der Waals surface area contributed by atoms with Crippen molar-refractivity contribution in [3.8, 4) is 0 Å². The summed E-state index contributed by atoms with van der Waals surface area (Å²) in [6, 6.07) is 5.79. The van der Waals surface area contributed by atoms with Gasteiger partial charge >= 0.3 is 0 Å². The lowest BCUT2D eigenvalue weighted by molar-refractivity contribution is 0.0884. The van der Waals surface area contributed by atoms with Crippen molar-refractivity contribution in [1.29, 1.82) is 0 Å². The summed E-state index contributed by atoms with van der Waals surface area (Å²) in [6.45, 7) is 8.52. The van der Waals surface area contributed by atoms with E-state index >= 15 is 0 Å². The molecule has 0 saturated heterocycles. The lowest BCUT2D eigenvalue weighted by atomic mass is 10.1. The molecule has 0 saturated carbocycles. The van der Waals surface area contributed by atoms with Gasteiger partial charge in [-0.25, -0.2) is 9.37 Å². The van der Waals surface area contributed by atoms with Gasteiger partial charge in [0.25, 0.3) is 5.91 Å². The smallest absolute Gasteiger partial charge is 0.254 e. The third kappa shape index (κ3) is 5.63. The molecule has 0 atom stereocenters. The number of aromatic nitrogens is 1. The minimum Gasteiger partial charge on any atom is -0.378 e. The van der Waals surface area contributed by atoms with E-state index < -0.39 is 5.82 Å². The van der Waals surface area contributed by atoms with E-state index in [2.05, 4.69) is 29.0 Å². The molecule has 0 aliphatic carbocycles. The monoisotopic (exact) mass is 367 g/mol. The summed E-state index contributed by atoms with van der Waals surface area (Å²) >= 11 is 6.05. The molecule has 0 unspecified atom stereocenters. The second-order valence-electron chi connectivity index (χ2n) is 5.56. The number of benzene rings is 1. The molecule has 1 aromatic heterocycles. The molecule has 5 nitrogen and oxygen atoms in total. The highest BCUT2D eigenvalue weighted by atomic mass is 35.5. The summed E-state index contributed by atoms with van der Waals surface area (Å²) in [5, 5.41) is 3.47. The first-order chi connectivity index (χ1) is 12.0. The number of pyridine rings is 1. The van der Waals surface area contributed by atoms with Gasteiger partial charge in [0.05, 0.1) is 24.3 Å². The van der Waals surface area contributed by atoms with E-state index in [-0.39, 0.29) is 16.6 Å². The Morgan fingerprint density at radius 3 is 2.76 bits per heavy atom. The lowest BCUT2D eigenvalue weighted by Gasteiger charge is -2.17. The van der Waals surface area contributed by atoms with Crippen molar-refractivity contribution in [1.82, 2.24) is 15.2 Å². The fourth-order valence-electron chi connectivity index (χ4n) is 2.44. The Morgan fingerprint density at radius 2 is 2.04 bits per heavy atom. The van der Waals surface area contributed by atoms with Crippen molar-refractivity contribution in [3.05, 3.63) is 40.8 Å². The number of halogens is 2. The van der Waals surface area contributed by atoms with Crippen LogP contribution >= 0.6 is 11.6 Å². The first-order valence-electron chi connectivity index (χ1n) is 8.39. The third-order valence-corrected chi connectivity index (χ3v) is 4.24. The fourth-order valence-corrected chi connectivity index (χ4v) is 2.67. The number of nitrogens with one attached hydrogen (secondary N) is 1. The van der Waals surface area contributed by atoms with Crippen molar-refractivity contribution in [3.63, 3.8) is 0 Å². The van der Waals surface area contributed by atoms with Crippen LogP contribution in [0.2, 0.25) is 5.15 Å². The number of likely N-dealkylation sites (N-methyl/N-ethyl adjacent to an activating group) is 1. The molecule has 1 amide bonds. The molecule has 1 N–H and O–H groups in total. The topological polar surface area (TPSA) is 54.5 Å². The quantitative estimate of drug-likeness (QED) is 0.546. The van der Waals surface area contributed by atoms with Gasteiger partial charge in [0.1, 0.15) is 11.0 Å². The van der Waals surface area contributed by atoms with Crippen LogP contribution in [-0.2, 0) is 4.74 Å². The maximum atomic E-state index is 13.2.